The molecule has 2 heterocycles. The molecule has 2 aromatic rings. The summed E-state index contributed by atoms with van der Waals surface area (Å²) >= 11 is 0. The van der Waals surface area contributed by atoms with Crippen molar-refractivity contribution in [2.75, 3.05) is 11.7 Å². The molecule has 0 saturated carbocycles. The van der Waals surface area contributed by atoms with Crippen LogP contribution in [0.5, 0.6) is 0 Å². The number of nitrogens with two attached hydrogens (primary N) is 2. The van der Waals surface area contributed by atoms with Gasteiger partial charge in [0.2, 0.25) is 0 Å². The van der Waals surface area contributed by atoms with E-state index in [9.17, 15) is 0 Å². The zero-order chi connectivity index (χ0) is 9.97. The van der Waals surface area contributed by atoms with E-state index in [1.54, 1.807) is 0 Å². The van der Waals surface area contributed by atoms with Crippen LogP contribution >= 0.6 is 0 Å². The lowest BCUT2D eigenvalue weighted by molar-refractivity contribution is 0.748. The lowest BCUT2D eigenvalue weighted by Gasteiger charge is -1.88. The Hall–Kier alpha value is -2.66. The van der Waals surface area contributed by atoms with E-state index in [0.29, 0.717) is 0 Å². The van der Waals surface area contributed by atoms with Gasteiger partial charge in [-0.25, -0.2) is 0 Å². The molecule has 0 spiro atoms. The van der Waals surface area contributed by atoms with Crippen LogP contribution in [0.15, 0.2) is 10.2 Å². The Bertz CT molecular complexity index is 404. The molecule has 0 aromatic carbocycles. The van der Waals surface area contributed by atoms with Crippen LogP contribution in [-0.2, 0) is 0 Å². The van der Waals surface area contributed by atoms with Crippen LogP contribution in [-0.4, -0.2) is 40.6 Å². The van der Waals surface area contributed by atoms with Gasteiger partial charge in [0.1, 0.15) is 0 Å². The molecule has 2 aromatic heterocycles. The molecular formula is C2H4N12. The Kier molecular flexibility index (Phi) is 1.71. The monoisotopic (exact) mass is 196 g/mol. The van der Waals surface area contributed by atoms with E-state index in [-0.39, 0.29) is 11.9 Å². The van der Waals surface area contributed by atoms with Crippen molar-refractivity contribution >= 4 is 11.9 Å². The van der Waals surface area contributed by atoms with Gasteiger partial charge in [0.25, 0.3) is 0 Å². The van der Waals surface area contributed by atoms with Gasteiger partial charge >= 0.3 is 11.9 Å². The van der Waals surface area contributed by atoms with Crippen LogP contribution in [0.3, 0.4) is 0 Å². The Morgan fingerprint density at radius 2 is 1.29 bits per heavy atom. The lowest BCUT2D eigenvalue weighted by Crippen LogP contribution is -2.10. The summed E-state index contributed by atoms with van der Waals surface area (Å²) in [5, 5.41) is 27.1. The third-order valence-corrected chi connectivity index (χ3v) is 1.18. The molecule has 0 aliphatic carbocycles. The molecule has 0 radical (unpaired) electrons. The van der Waals surface area contributed by atoms with Crippen molar-refractivity contribution < 1.29 is 0 Å². The first kappa shape index (κ1) is 7.96. The van der Waals surface area contributed by atoms with E-state index in [1.165, 1.54) is 0 Å². The van der Waals surface area contributed by atoms with Crippen molar-refractivity contribution in [2.24, 2.45) is 10.2 Å². The average Bonchev–Trinajstić information content (AvgIpc) is 2.72. The SMILES string of the molecule is Nn1nnnc1/N=N/c1nnnn1N. The molecule has 12 nitrogen and oxygen atoms in total. The Balaban J connectivity index is 2.23. The minimum Gasteiger partial charge on any atom is -0.318 e. The summed E-state index contributed by atoms with van der Waals surface area (Å²) in [6, 6.07) is 0. The fourth-order valence-electron chi connectivity index (χ4n) is 0.599. The number of azo groups is 1. The number of nitrogen functional groups attached to an aromatic ring is 2. The second kappa shape index (κ2) is 3.00. The van der Waals surface area contributed by atoms with E-state index in [1.807, 2.05) is 0 Å². The van der Waals surface area contributed by atoms with Gasteiger partial charge < -0.3 is 11.7 Å². The Labute approximate surface area is 75.5 Å². The number of hydrogen-bond donors (Lipinski definition) is 2. The molecule has 0 atom stereocenters. The number of aromatic nitrogens is 8. The maximum Gasteiger partial charge on any atom is 0.307 e. The number of nitrogens with zero attached hydrogens (tertiary/aromatic N) is 10. The number of rotatable bonds is 2. The minimum atomic E-state index is 0.00741. The van der Waals surface area contributed by atoms with Crippen LogP contribution in [0.1, 0.15) is 0 Å². The normalized spacial score (nSPS) is 11.1. The molecule has 12 heteroatoms. The number of tetrazole rings is 2. The van der Waals surface area contributed by atoms with Gasteiger partial charge in [0.15, 0.2) is 0 Å². The zero-order valence-corrected chi connectivity index (χ0v) is 6.63. The first-order chi connectivity index (χ1) is 6.77. The van der Waals surface area contributed by atoms with Crippen molar-refractivity contribution in [3.63, 3.8) is 0 Å². The molecule has 14 heavy (non-hydrogen) atoms. The fraction of sp³-hybridized carbons (Fsp3) is 0. The van der Waals surface area contributed by atoms with Crippen LogP contribution in [0.2, 0.25) is 0 Å². The standard InChI is InChI=1S/C2H4N12/c3-13-1(7-9-11-13)5-6-2-8-10-12-14(2)4/h3-4H2/b6-5+. The Morgan fingerprint density at radius 1 is 0.857 bits per heavy atom. The summed E-state index contributed by atoms with van der Waals surface area (Å²) in [7, 11) is 0. The molecule has 0 amide bonds. The van der Waals surface area contributed by atoms with Gasteiger partial charge in [-0.05, 0) is 20.9 Å². The molecule has 72 valence electrons. The quantitative estimate of drug-likeness (QED) is 0.393. The molecule has 0 saturated heterocycles. The molecule has 0 unspecified atom stereocenters. The molecule has 4 N–H and O–H groups in total. The predicted octanol–water partition coefficient (Wildman–Crippen LogP) is -2.50. The second-order valence-corrected chi connectivity index (χ2v) is 2.05. The molecular weight excluding hydrogens is 192 g/mol. The highest BCUT2D eigenvalue weighted by molar-refractivity contribution is 5.14. The van der Waals surface area contributed by atoms with Crippen LogP contribution < -0.4 is 11.7 Å². The van der Waals surface area contributed by atoms with Crippen molar-refractivity contribution in [3.8, 4) is 0 Å². The summed E-state index contributed by atoms with van der Waals surface area (Å²) < 4.78 is 0. The summed E-state index contributed by atoms with van der Waals surface area (Å²) in [5.41, 5.74) is 0. The predicted molar refractivity (Wildman–Crippen MR) is 40.1 cm³/mol. The van der Waals surface area contributed by atoms with Gasteiger partial charge in [-0.3, -0.25) is 0 Å². The van der Waals surface area contributed by atoms with Crippen LogP contribution in [0.4, 0.5) is 11.9 Å². The molecule has 0 aliphatic rings. The average molecular weight is 196 g/mol. The maximum atomic E-state index is 5.26. The topological polar surface area (TPSA) is 164 Å². The summed E-state index contributed by atoms with van der Waals surface area (Å²) in [5.74, 6) is 10.5. The van der Waals surface area contributed by atoms with Gasteiger partial charge in [0, 0.05) is 0 Å². The van der Waals surface area contributed by atoms with Gasteiger partial charge in [0.05, 0.1) is 0 Å². The first-order valence-corrected chi connectivity index (χ1v) is 3.26. The third kappa shape index (κ3) is 1.30. The zero-order valence-electron chi connectivity index (χ0n) is 6.63. The summed E-state index contributed by atoms with van der Waals surface area (Å²) in [6.45, 7) is 0. The highest BCUT2D eigenvalue weighted by atomic mass is 15.7. The summed E-state index contributed by atoms with van der Waals surface area (Å²) in [4.78, 5) is 1.68. The lowest BCUT2D eigenvalue weighted by atomic mass is 11.1. The smallest absolute Gasteiger partial charge is 0.307 e. The van der Waals surface area contributed by atoms with Gasteiger partial charge in [-0.1, -0.05) is 10.2 Å². The minimum absolute atomic E-state index is 0.00741. The second-order valence-electron chi connectivity index (χ2n) is 2.05. The van der Waals surface area contributed by atoms with Crippen LogP contribution in [0, 0.1) is 0 Å². The van der Waals surface area contributed by atoms with Crippen molar-refractivity contribution in [2.45, 2.75) is 0 Å². The molecule has 2 rings (SSSR count). The highest BCUT2D eigenvalue weighted by Crippen LogP contribution is 2.07. The first-order valence-electron chi connectivity index (χ1n) is 3.26. The van der Waals surface area contributed by atoms with E-state index in [4.69, 9.17) is 11.7 Å². The largest absolute Gasteiger partial charge is 0.318 e. The molecule has 0 aliphatic heterocycles. The van der Waals surface area contributed by atoms with E-state index in [2.05, 4.69) is 41.3 Å². The van der Waals surface area contributed by atoms with E-state index >= 15 is 0 Å². The maximum absolute atomic E-state index is 5.26. The van der Waals surface area contributed by atoms with E-state index < -0.39 is 0 Å². The fourth-order valence-corrected chi connectivity index (χ4v) is 0.599. The Morgan fingerprint density at radius 3 is 1.57 bits per heavy atom. The summed E-state index contributed by atoms with van der Waals surface area (Å²) in [6.07, 6.45) is 0. The third-order valence-electron chi connectivity index (χ3n) is 1.18. The van der Waals surface area contributed by atoms with Crippen LogP contribution in [0.25, 0.3) is 0 Å². The van der Waals surface area contributed by atoms with Gasteiger partial charge in [-0.15, -0.1) is 19.8 Å². The van der Waals surface area contributed by atoms with Crippen molar-refractivity contribution in [3.05, 3.63) is 0 Å². The van der Waals surface area contributed by atoms with Gasteiger partial charge in [-0.2, -0.15) is 0 Å². The number of hydrogen-bond acceptors (Lipinski definition) is 10. The van der Waals surface area contributed by atoms with E-state index in [0.717, 1.165) is 9.58 Å². The van der Waals surface area contributed by atoms with Crippen molar-refractivity contribution in [1.82, 2.24) is 40.6 Å². The highest BCUT2D eigenvalue weighted by Gasteiger charge is 2.02. The molecule has 0 bridgehead atoms. The molecule has 0 fully saturated rings. The van der Waals surface area contributed by atoms with Crippen molar-refractivity contribution in [1.29, 1.82) is 0 Å².